The van der Waals surface area contributed by atoms with Crippen molar-refractivity contribution in [2.75, 3.05) is 11.9 Å². The number of carbonyl (C=O) groups excluding carboxylic acids is 1. The third-order valence-corrected chi connectivity index (χ3v) is 2.72. The van der Waals surface area contributed by atoms with Crippen molar-refractivity contribution in [3.8, 4) is 0 Å². The second-order valence-electron chi connectivity index (χ2n) is 4.57. The molecule has 0 aliphatic rings. The summed E-state index contributed by atoms with van der Waals surface area (Å²) in [5.41, 5.74) is 5.90. The van der Waals surface area contributed by atoms with Gasteiger partial charge >= 0.3 is 6.03 Å². The summed E-state index contributed by atoms with van der Waals surface area (Å²) in [5, 5.41) is 14.0. The fourth-order valence-electron chi connectivity index (χ4n) is 1.61. The molecule has 1 aromatic rings. The molecule has 0 bridgehead atoms. The highest BCUT2D eigenvalue weighted by molar-refractivity contribution is 5.90. The second-order valence-corrected chi connectivity index (χ2v) is 4.57. The number of oxime groups is 1. The Morgan fingerprint density at radius 3 is 2.55 bits per heavy atom. The first-order valence-corrected chi connectivity index (χ1v) is 6.23. The molecule has 4 N–H and O–H groups in total. The molecule has 0 unspecified atom stereocenters. The number of halogens is 1. The normalized spacial score (nSPS) is 11.5. The van der Waals surface area contributed by atoms with E-state index in [1.165, 1.54) is 24.3 Å². The van der Waals surface area contributed by atoms with Crippen LogP contribution in [0.15, 0.2) is 29.4 Å². The molecule has 6 nitrogen and oxygen atoms in total. The predicted molar refractivity (Wildman–Crippen MR) is 75.3 cm³/mol. The van der Waals surface area contributed by atoms with Gasteiger partial charge in [-0.3, -0.25) is 0 Å². The van der Waals surface area contributed by atoms with Crippen molar-refractivity contribution in [1.82, 2.24) is 4.90 Å². The van der Waals surface area contributed by atoms with E-state index < -0.39 is 0 Å². The Morgan fingerprint density at radius 2 is 2.05 bits per heavy atom. The third-order valence-electron chi connectivity index (χ3n) is 2.72. The molecule has 0 saturated carbocycles. The minimum absolute atomic E-state index is 0.0538. The molecule has 20 heavy (non-hydrogen) atoms. The van der Waals surface area contributed by atoms with Crippen LogP contribution in [-0.4, -0.2) is 34.6 Å². The number of hydrogen-bond donors (Lipinski definition) is 3. The van der Waals surface area contributed by atoms with Crippen molar-refractivity contribution in [3.63, 3.8) is 0 Å². The first kappa shape index (κ1) is 15.7. The summed E-state index contributed by atoms with van der Waals surface area (Å²) < 4.78 is 12.8. The molecule has 7 heteroatoms. The van der Waals surface area contributed by atoms with Gasteiger partial charge in [-0.05, 0) is 38.1 Å². The van der Waals surface area contributed by atoms with Gasteiger partial charge in [-0.15, -0.1) is 0 Å². The molecule has 0 heterocycles. The van der Waals surface area contributed by atoms with Gasteiger partial charge in [0.15, 0.2) is 0 Å². The molecule has 1 rings (SSSR count). The number of benzene rings is 1. The van der Waals surface area contributed by atoms with Crippen LogP contribution in [0.5, 0.6) is 0 Å². The van der Waals surface area contributed by atoms with E-state index >= 15 is 0 Å². The minimum atomic E-state index is -0.365. The zero-order chi connectivity index (χ0) is 15.1. The number of anilines is 1. The number of amidine groups is 1. The Kier molecular flexibility index (Phi) is 5.76. The summed E-state index contributed by atoms with van der Waals surface area (Å²) in [6.45, 7) is 4.04. The summed E-state index contributed by atoms with van der Waals surface area (Å²) in [6, 6.07) is 5.13. The summed E-state index contributed by atoms with van der Waals surface area (Å²) in [4.78, 5) is 13.7. The van der Waals surface area contributed by atoms with E-state index in [-0.39, 0.29) is 30.1 Å². The molecule has 0 aliphatic carbocycles. The van der Waals surface area contributed by atoms with E-state index in [0.717, 1.165) is 0 Å². The van der Waals surface area contributed by atoms with Crippen LogP contribution in [0.25, 0.3) is 0 Å². The van der Waals surface area contributed by atoms with Crippen LogP contribution in [0, 0.1) is 5.82 Å². The highest BCUT2D eigenvalue weighted by Gasteiger charge is 2.17. The lowest BCUT2D eigenvalue weighted by Crippen LogP contribution is -2.41. The van der Waals surface area contributed by atoms with Gasteiger partial charge in [0, 0.05) is 24.7 Å². The Morgan fingerprint density at radius 1 is 1.45 bits per heavy atom. The van der Waals surface area contributed by atoms with Crippen LogP contribution in [0.4, 0.5) is 14.9 Å². The number of carbonyl (C=O) groups is 1. The van der Waals surface area contributed by atoms with Gasteiger partial charge in [-0.25, -0.2) is 9.18 Å². The average Bonchev–Trinajstić information content (AvgIpc) is 2.41. The highest BCUT2D eigenvalue weighted by Crippen LogP contribution is 2.11. The first-order chi connectivity index (χ1) is 9.43. The van der Waals surface area contributed by atoms with Crippen LogP contribution in [0.3, 0.4) is 0 Å². The summed E-state index contributed by atoms with van der Waals surface area (Å²) in [6.07, 6.45) is 0.269. The van der Waals surface area contributed by atoms with Gasteiger partial charge in [0.1, 0.15) is 11.7 Å². The lowest BCUT2D eigenvalue weighted by molar-refractivity contribution is 0.198. The fraction of sp³-hybridized carbons (Fsp3) is 0.385. The topological polar surface area (TPSA) is 90.9 Å². The van der Waals surface area contributed by atoms with Crippen LogP contribution in [0.1, 0.15) is 20.3 Å². The summed E-state index contributed by atoms with van der Waals surface area (Å²) in [5.74, 6) is -0.305. The van der Waals surface area contributed by atoms with Gasteiger partial charge in [0.25, 0.3) is 0 Å². The van der Waals surface area contributed by atoms with Gasteiger partial charge in [0.05, 0.1) is 0 Å². The van der Waals surface area contributed by atoms with E-state index in [2.05, 4.69) is 10.5 Å². The van der Waals surface area contributed by atoms with Crippen molar-refractivity contribution < 1.29 is 14.4 Å². The van der Waals surface area contributed by atoms with E-state index in [1.807, 2.05) is 13.8 Å². The van der Waals surface area contributed by atoms with Crippen molar-refractivity contribution in [2.24, 2.45) is 10.9 Å². The molecule has 1 aromatic carbocycles. The predicted octanol–water partition coefficient (Wildman–Crippen LogP) is 2.20. The fourth-order valence-corrected chi connectivity index (χ4v) is 1.61. The quantitative estimate of drug-likeness (QED) is 0.334. The Labute approximate surface area is 117 Å². The van der Waals surface area contributed by atoms with E-state index in [4.69, 9.17) is 10.9 Å². The van der Waals surface area contributed by atoms with Gasteiger partial charge in [-0.2, -0.15) is 0 Å². The Balaban J connectivity index is 2.66. The number of nitrogens with zero attached hydrogens (tertiary/aromatic N) is 2. The number of amides is 2. The van der Waals surface area contributed by atoms with E-state index in [1.54, 1.807) is 4.90 Å². The second kappa shape index (κ2) is 7.32. The Hall–Kier alpha value is -2.31. The van der Waals surface area contributed by atoms with Gasteiger partial charge in [0.2, 0.25) is 0 Å². The van der Waals surface area contributed by atoms with Crippen LogP contribution < -0.4 is 11.1 Å². The summed E-state index contributed by atoms with van der Waals surface area (Å²) >= 11 is 0. The molecule has 0 saturated heterocycles. The zero-order valence-corrected chi connectivity index (χ0v) is 11.5. The van der Waals surface area contributed by atoms with Crippen molar-refractivity contribution in [1.29, 1.82) is 0 Å². The standard InChI is InChI=1S/C13H19FN4O2/c1-9(2)18(8-7-12(15)17-20)13(19)16-11-5-3-10(14)4-6-11/h3-6,9,20H,7-8H2,1-2H3,(H2,15,17)(H,16,19). The molecule has 0 aromatic heterocycles. The molecule has 0 fully saturated rings. The number of nitrogens with one attached hydrogen (secondary N) is 1. The van der Waals surface area contributed by atoms with Crippen LogP contribution in [0.2, 0.25) is 0 Å². The molecule has 0 radical (unpaired) electrons. The van der Waals surface area contributed by atoms with E-state index in [9.17, 15) is 9.18 Å². The monoisotopic (exact) mass is 282 g/mol. The lowest BCUT2D eigenvalue weighted by Gasteiger charge is -2.26. The number of rotatable bonds is 5. The smallest absolute Gasteiger partial charge is 0.322 e. The zero-order valence-electron chi connectivity index (χ0n) is 11.5. The third kappa shape index (κ3) is 4.75. The van der Waals surface area contributed by atoms with Crippen molar-refractivity contribution in [3.05, 3.63) is 30.1 Å². The minimum Gasteiger partial charge on any atom is -0.409 e. The lowest BCUT2D eigenvalue weighted by atomic mass is 10.2. The Bertz CT molecular complexity index is 474. The number of urea groups is 1. The molecule has 0 aliphatic heterocycles. The van der Waals surface area contributed by atoms with Crippen LogP contribution in [-0.2, 0) is 0 Å². The van der Waals surface area contributed by atoms with Gasteiger partial charge < -0.3 is 21.2 Å². The highest BCUT2D eigenvalue weighted by atomic mass is 19.1. The van der Waals surface area contributed by atoms with Gasteiger partial charge in [-0.1, -0.05) is 5.16 Å². The van der Waals surface area contributed by atoms with Crippen molar-refractivity contribution in [2.45, 2.75) is 26.3 Å². The van der Waals surface area contributed by atoms with Crippen molar-refractivity contribution >= 4 is 17.6 Å². The molecule has 0 atom stereocenters. The molecular weight excluding hydrogens is 263 g/mol. The van der Waals surface area contributed by atoms with Crippen LogP contribution >= 0.6 is 0 Å². The molecular formula is C13H19FN4O2. The molecule has 110 valence electrons. The maximum atomic E-state index is 12.8. The molecule has 2 amide bonds. The average molecular weight is 282 g/mol. The number of hydrogen-bond acceptors (Lipinski definition) is 3. The summed E-state index contributed by atoms with van der Waals surface area (Å²) in [7, 11) is 0. The molecule has 0 spiro atoms. The SMILES string of the molecule is CC(C)N(CCC(N)=NO)C(=O)Nc1ccc(F)cc1. The largest absolute Gasteiger partial charge is 0.409 e. The first-order valence-electron chi connectivity index (χ1n) is 6.23. The maximum absolute atomic E-state index is 12.8. The number of nitrogens with two attached hydrogens (primary N) is 1. The van der Waals surface area contributed by atoms with E-state index in [0.29, 0.717) is 12.2 Å². The maximum Gasteiger partial charge on any atom is 0.322 e.